The fourth-order valence-corrected chi connectivity index (χ4v) is 3.99. The number of carbonyl (C=O) groups is 1. The van der Waals surface area contributed by atoms with Crippen LogP contribution < -0.4 is 10.2 Å². The second-order valence-electron chi connectivity index (χ2n) is 7.70. The van der Waals surface area contributed by atoms with Crippen molar-refractivity contribution in [1.29, 1.82) is 0 Å². The predicted molar refractivity (Wildman–Crippen MR) is 112 cm³/mol. The fraction of sp³-hybridized carbons (Fsp3) is 0.381. The number of nitrogens with one attached hydrogen (secondary N) is 2. The van der Waals surface area contributed by atoms with Gasteiger partial charge in [0.15, 0.2) is 17.5 Å². The van der Waals surface area contributed by atoms with Crippen LogP contribution >= 0.6 is 0 Å². The van der Waals surface area contributed by atoms with Crippen LogP contribution in [0.3, 0.4) is 0 Å². The number of anilines is 2. The van der Waals surface area contributed by atoms with Gasteiger partial charge in [-0.1, -0.05) is 6.07 Å². The number of aromatic nitrogens is 5. The van der Waals surface area contributed by atoms with Crippen LogP contribution in [-0.4, -0.2) is 57.4 Å². The summed E-state index contributed by atoms with van der Waals surface area (Å²) >= 11 is 0. The van der Waals surface area contributed by atoms with Gasteiger partial charge in [-0.2, -0.15) is 0 Å². The van der Waals surface area contributed by atoms with Gasteiger partial charge in [-0.05, 0) is 37.3 Å². The number of benzene rings is 1. The molecule has 0 atom stereocenters. The van der Waals surface area contributed by atoms with Crippen LogP contribution in [0.5, 0.6) is 0 Å². The zero-order chi connectivity index (χ0) is 21.2. The Hall–Kier alpha value is -3.40. The molecule has 2 aliphatic heterocycles. The van der Waals surface area contributed by atoms with Crippen molar-refractivity contribution >= 4 is 17.5 Å². The molecule has 4 heterocycles. The second kappa shape index (κ2) is 8.38. The molecule has 1 fully saturated rings. The molecule has 1 aromatic carbocycles. The molecule has 0 unspecified atom stereocenters. The van der Waals surface area contributed by atoms with Crippen LogP contribution in [0.4, 0.5) is 16.0 Å². The number of rotatable bonds is 5. The van der Waals surface area contributed by atoms with E-state index < -0.39 is 5.82 Å². The van der Waals surface area contributed by atoms with E-state index in [2.05, 4.69) is 30.5 Å². The van der Waals surface area contributed by atoms with Gasteiger partial charge in [0.2, 0.25) is 5.91 Å². The largest absolute Gasteiger partial charge is 0.381 e. The van der Waals surface area contributed by atoms with Gasteiger partial charge < -0.3 is 15.0 Å². The highest BCUT2D eigenvalue weighted by molar-refractivity contribution is 6.00. The van der Waals surface area contributed by atoms with Crippen molar-refractivity contribution in [2.24, 2.45) is 5.92 Å². The van der Waals surface area contributed by atoms with E-state index >= 15 is 0 Å². The fourth-order valence-electron chi connectivity index (χ4n) is 3.99. The summed E-state index contributed by atoms with van der Waals surface area (Å²) in [4.78, 5) is 26.2. The Morgan fingerprint density at radius 1 is 1.26 bits per heavy atom. The molecule has 31 heavy (non-hydrogen) atoms. The summed E-state index contributed by atoms with van der Waals surface area (Å²) in [5, 5.41) is 10.6. The molecule has 9 nitrogen and oxygen atoms in total. The highest BCUT2D eigenvalue weighted by Gasteiger charge is 2.28. The normalized spacial score (nSPS) is 16.8. The molecule has 2 N–H and O–H groups in total. The van der Waals surface area contributed by atoms with E-state index in [9.17, 15) is 9.18 Å². The van der Waals surface area contributed by atoms with Crippen molar-refractivity contribution in [3.05, 3.63) is 36.5 Å². The van der Waals surface area contributed by atoms with E-state index in [1.54, 1.807) is 23.2 Å². The maximum absolute atomic E-state index is 14.7. The number of amides is 1. The molecule has 0 aliphatic carbocycles. The number of hydrogen-bond acceptors (Lipinski definition) is 7. The first kappa shape index (κ1) is 19.6. The smallest absolute Gasteiger partial charge is 0.247 e. The highest BCUT2D eigenvalue weighted by Crippen LogP contribution is 2.31. The minimum Gasteiger partial charge on any atom is -0.381 e. The van der Waals surface area contributed by atoms with Gasteiger partial charge in [-0.25, -0.2) is 14.4 Å². The Balaban J connectivity index is 1.41. The average molecular weight is 423 g/mol. The summed E-state index contributed by atoms with van der Waals surface area (Å²) in [6, 6.07) is 4.76. The average Bonchev–Trinajstić information content (AvgIpc) is 3.33. The van der Waals surface area contributed by atoms with Crippen molar-refractivity contribution in [3.63, 3.8) is 0 Å². The number of nitrogens with zero attached hydrogens (tertiary/aromatic N) is 5. The first-order chi connectivity index (χ1) is 15.2. The van der Waals surface area contributed by atoms with E-state index in [1.807, 2.05) is 0 Å². The number of aromatic amines is 1. The SMILES string of the molecule is O=C1CNc2ncc(-c3ccc(-c4nnc[nH]4)c(F)c3)nc2N1CCC1CCOCC1. The first-order valence-electron chi connectivity index (χ1n) is 10.3. The van der Waals surface area contributed by atoms with Gasteiger partial charge in [0.1, 0.15) is 12.1 Å². The molecule has 0 spiro atoms. The molecule has 0 saturated carbocycles. The van der Waals surface area contributed by atoms with Gasteiger partial charge in [0.05, 0.1) is 24.0 Å². The van der Waals surface area contributed by atoms with Gasteiger partial charge in [-0.15, -0.1) is 10.2 Å². The Kier molecular flexibility index (Phi) is 5.29. The summed E-state index contributed by atoms with van der Waals surface area (Å²) in [6.45, 7) is 2.32. The number of fused-ring (bicyclic) bond motifs is 1. The van der Waals surface area contributed by atoms with Crippen molar-refractivity contribution in [3.8, 4) is 22.6 Å². The van der Waals surface area contributed by atoms with Crippen LogP contribution in [0, 0.1) is 11.7 Å². The molecule has 10 heteroatoms. The molecule has 3 aromatic rings. The van der Waals surface area contributed by atoms with Gasteiger partial charge in [-0.3, -0.25) is 9.69 Å². The van der Waals surface area contributed by atoms with Crippen LogP contribution in [-0.2, 0) is 9.53 Å². The summed E-state index contributed by atoms with van der Waals surface area (Å²) < 4.78 is 20.1. The lowest BCUT2D eigenvalue weighted by molar-refractivity contribution is -0.117. The van der Waals surface area contributed by atoms with Gasteiger partial charge >= 0.3 is 0 Å². The molecule has 0 bridgehead atoms. The lowest BCUT2D eigenvalue weighted by Crippen LogP contribution is -2.42. The predicted octanol–water partition coefficient (Wildman–Crippen LogP) is 2.64. The topological polar surface area (TPSA) is 109 Å². The Bertz CT molecular complexity index is 1080. The standard InChI is InChI=1S/C21H22FN7O2/c22-16-9-14(1-2-15(16)19-25-12-26-28-19)17-10-23-20-21(27-17)29(18(30)11-24-20)6-3-13-4-7-31-8-5-13/h1-2,9-10,12-13H,3-8,11H2,(H,23,24)(H,25,26,28). The summed E-state index contributed by atoms with van der Waals surface area (Å²) in [6.07, 6.45) is 5.89. The number of H-pyrrole nitrogens is 1. The number of hydrogen-bond donors (Lipinski definition) is 2. The molecule has 1 amide bonds. The molecule has 1 saturated heterocycles. The lowest BCUT2D eigenvalue weighted by atomic mass is 9.96. The van der Waals surface area contributed by atoms with Crippen LogP contribution in [0.1, 0.15) is 19.3 Å². The maximum Gasteiger partial charge on any atom is 0.247 e. The molecular formula is C21H22FN7O2. The van der Waals surface area contributed by atoms with Gasteiger partial charge in [0.25, 0.3) is 0 Å². The van der Waals surface area contributed by atoms with Crippen molar-refractivity contribution < 1.29 is 13.9 Å². The monoisotopic (exact) mass is 423 g/mol. The summed E-state index contributed by atoms with van der Waals surface area (Å²) in [7, 11) is 0. The lowest BCUT2D eigenvalue weighted by Gasteiger charge is -2.30. The molecule has 160 valence electrons. The van der Waals surface area contributed by atoms with E-state index in [0.29, 0.717) is 46.7 Å². The van der Waals surface area contributed by atoms with Crippen LogP contribution in [0.2, 0.25) is 0 Å². The third-order valence-electron chi connectivity index (χ3n) is 5.76. The van der Waals surface area contributed by atoms with Crippen molar-refractivity contribution in [1.82, 2.24) is 25.1 Å². The molecule has 0 radical (unpaired) electrons. The van der Waals surface area contributed by atoms with E-state index in [1.165, 1.54) is 12.4 Å². The minimum absolute atomic E-state index is 0.0437. The maximum atomic E-state index is 14.7. The summed E-state index contributed by atoms with van der Waals surface area (Å²) in [5.41, 5.74) is 1.38. The molecular weight excluding hydrogens is 401 g/mol. The Morgan fingerprint density at radius 2 is 2.13 bits per heavy atom. The van der Waals surface area contributed by atoms with Crippen LogP contribution in [0.15, 0.2) is 30.7 Å². The number of halogens is 1. The molecule has 2 aliphatic rings. The first-order valence-corrected chi connectivity index (χ1v) is 10.3. The highest BCUT2D eigenvalue weighted by atomic mass is 19.1. The second-order valence-corrected chi connectivity index (χ2v) is 7.70. The van der Waals surface area contributed by atoms with Gasteiger partial charge in [0, 0.05) is 25.3 Å². The van der Waals surface area contributed by atoms with E-state index in [4.69, 9.17) is 4.74 Å². The third-order valence-corrected chi connectivity index (χ3v) is 5.76. The quantitative estimate of drug-likeness (QED) is 0.649. The number of carbonyl (C=O) groups excluding carboxylic acids is 1. The van der Waals surface area contributed by atoms with Crippen molar-refractivity contribution in [2.75, 3.05) is 36.5 Å². The zero-order valence-electron chi connectivity index (χ0n) is 16.8. The molecule has 2 aromatic heterocycles. The number of ether oxygens (including phenoxy) is 1. The Labute approximate surface area is 178 Å². The van der Waals surface area contributed by atoms with E-state index in [0.717, 1.165) is 32.5 Å². The minimum atomic E-state index is -0.445. The zero-order valence-corrected chi connectivity index (χ0v) is 16.8. The van der Waals surface area contributed by atoms with Crippen molar-refractivity contribution in [2.45, 2.75) is 19.3 Å². The third kappa shape index (κ3) is 3.98. The van der Waals surface area contributed by atoms with E-state index in [-0.39, 0.29) is 12.5 Å². The summed E-state index contributed by atoms with van der Waals surface area (Å²) in [5.74, 6) is 1.45. The Morgan fingerprint density at radius 3 is 2.90 bits per heavy atom. The van der Waals surface area contributed by atoms with Crippen LogP contribution in [0.25, 0.3) is 22.6 Å². The molecule has 5 rings (SSSR count).